The first-order valence-corrected chi connectivity index (χ1v) is 9.83. The highest BCUT2D eigenvalue weighted by atomic mass is 16.6. The number of hydrogen-bond acceptors (Lipinski definition) is 3. The number of carbonyl (C=O) groups is 2. The summed E-state index contributed by atoms with van der Waals surface area (Å²) >= 11 is 0. The van der Waals surface area contributed by atoms with Crippen LogP contribution in [0.15, 0.2) is 30.3 Å². The molecule has 2 saturated heterocycles. The molecule has 1 aromatic carbocycles. The van der Waals surface area contributed by atoms with Crippen LogP contribution in [0.1, 0.15) is 57.4 Å². The minimum Gasteiger partial charge on any atom is -0.441 e. The summed E-state index contributed by atoms with van der Waals surface area (Å²) < 4.78 is 5.80. The molecule has 5 heteroatoms. The second-order valence-corrected chi connectivity index (χ2v) is 7.73. The largest absolute Gasteiger partial charge is 0.441 e. The summed E-state index contributed by atoms with van der Waals surface area (Å²) in [6.45, 7) is 6.93. The lowest BCUT2D eigenvalue weighted by atomic mass is 9.90. The Bertz CT molecular complexity index is 623. The van der Waals surface area contributed by atoms with Crippen LogP contribution in [0, 0.1) is 0 Å². The average molecular weight is 358 g/mol. The molecule has 0 bridgehead atoms. The quantitative estimate of drug-likeness (QED) is 0.777. The molecule has 142 valence electrons. The lowest BCUT2D eigenvalue weighted by Crippen LogP contribution is -2.48. The van der Waals surface area contributed by atoms with Gasteiger partial charge in [0.15, 0.2) is 0 Å². The molecule has 1 spiro atoms. The first-order chi connectivity index (χ1) is 12.5. The third-order valence-electron chi connectivity index (χ3n) is 5.68. The molecule has 0 radical (unpaired) electrons. The summed E-state index contributed by atoms with van der Waals surface area (Å²) in [5.41, 5.74) is 0.826. The molecular formula is C21H30N2O3. The second kappa shape index (κ2) is 8.11. The second-order valence-electron chi connectivity index (χ2n) is 7.73. The smallest absolute Gasteiger partial charge is 0.410 e. The van der Waals surface area contributed by atoms with E-state index in [1.54, 1.807) is 0 Å². The molecule has 0 aliphatic carbocycles. The van der Waals surface area contributed by atoms with Crippen molar-refractivity contribution in [3.8, 4) is 0 Å². The van der Waals surface area contributed by atoms with Crippen molar-refractivity contribution in [2.75, 3.05) is 26.2 Å². The predicted molar refractivity (Wildman–Crippen MR) is 101 cm³/mol. The van der Waals surface area contributed by atoms with E-state index in [0.29, 0.717) is 32.6 Å². The van der Waals surface area contributed by atoms with Crippen LogP contribution >= 0.6 is 0 Å². The Labute approximate surface area is 156 Å². The molecule has 5 nitrogen and oxygen atoms in total. The molecule has 0 unspecified atom stereocenters. The van der Waals surface area contributed by atoms with Crippen LogP contribution in [0.3, 0.4) is 0 Å². The number of nitrogens with zero attached hydrogens (tertiary/aromatic N) is 2. The maximum atomic E-state index is 12.4. The Morgan fingerprint density at radius 1 is 1.23 bits per heavy atom. The van der Waals surface area contributed by atoms with Gasteiger partial charge in [-0.3, -0.25) is 4.79 Å². The highest BCUT2D eigenvalue weighted by Gasteiger charge is 2.47. The number of hydrogen-bond donors (Lipinski definition) is 0. The summed E-state index contributed by atoms with van der Waals surface area (Å²) in [4.78, 5) is 28.4. The molecule has 1 aromatic rings. The van der Waals surface area contributed by atoms with E-state index >= 15 is 0 Å². The van der Waals surface area contributed by atoms with E-state index in [2.05, 4.69) is 26.0 Å². The van der Waals surface area contributed by atoms with E-state index < -0.39 is 5.60 Å². The standard InChI is InChI=1S/C21H30N2O3/c1-3-4-10-19(24)22-13-11-21(12-14-22)16-23(20(25)26-21)15-17(2)18-8-6-5-7-9-18/h5-9,17H,3-4,10-16H2,1-2H3/t17-/m1/s1. The van der Waals surface area contributed by atoms with Gasteiger partial charge in [-0.25, -0.2) is 4.79 Å². The molecule has 2 fully saturated rings. The zero-order valence-corrected chi connectivity index (χ0v) is 15.9. The number of unbranched alkanes of at least 4 members (excludes halogenated alkanes) is 1. The van der Waals surface area contributed by atoms with E-state index in [1.807, 2.05) is 28.0 Å². The van der Waals surface area contributed by atoms with Crippen LogP contribution in [0.25, 0.3) is 0 Å². The van der Waals surface area contributed by atoms with E-state index in [1.165, 1.54) is 5.56 Å². The summed E-state index contributed by atoms with van der Waals surface area (Å²) in [5, 5.41) is 0. The van der Waals surface area contributed by atoms with Gasteiger partial charge in [0.25, 0.3) is 0 Å². The fourth-order valence-corrected chi connectivity index (χ4v) is 3.96. The Morgan fingerprint density at radius 3 is 2.58 bits per heavy atom. The van der Waals surface area contributed by atoms with Crippen molar-refractivity contribution in [2.45, 2.75) is 57.5 Å². The summed E-state index contributed by atoms with van der Waals surface area (Å²) in [6, 6.07) is 10.3. The van der Waals surface area contributed by atoms with Gasteiger partial charge in [0, 0.05) is 38.9 Å². The van der Waals surface area contributed by atoms with Crippen LogP contribution in [-0.4, -0.2) is 53.6 Å². The van der Waals surface area contributed by atoms with Crippen molar-refractivity contribution >= 4 is 12.0 Å². The molecule has 0 saturated carbocycles. The van der Waals surface area contributed by atoms with Crippen molar-refractivity contribution in [1.82, 2.24) is 9.80 Å². The zero-order valence-electron chi connectivity index (χ0n) is 15.9. The number of carbonyl (C=O) groups excluding carboxylic acids is 2. The van der Waals surface area contributed by atoms with Crippen molar-refractivity contribution < 1.29 is 14.3 Å². The molecule has 26 heavy (non-hydrogen) atoms. The highest BCUT2D eigenvalue weighted by Crippen LogP contribution is 2.34. The molecule has 2 aliphatic rings. The number of likely N-dealkylation sites (tertiary alicyclic amines) is 1. The molecular weight excluding hydrogens is 328 g/mol. The fourth-order valence-electron chi connectivity index (χ4n) is 3.96. The fraction of sp³-hybridized carbons (Fsp3) is 0.619. The van der Waals surface area contributed by atoms with Crippen LogP contribution in [0.4, 0.5) is 4.79 Å². The Morgan fingerprint density at radius 2 is 1.92 bits per heavy atom. The molecule has 2 aliphatic heterocycles. The molecule has 2 heterocycles. The predicted octanol–water partition coefficient (Wildman–Crippen LogP) is 3.79. The number of piperidine rings is 1. The summed E-state index contributed by atoms with van der Waals surface area (Å²) in [5.74, 6) is 0.509. The number of amides is 2. The van der Waals surface area contributed by atoms with Crippen LogP contribution < -0.4 is 0 Å². The van der Waals surface area contributed by atoms with Crippen molar-refractivity contribution in [3.63, 3.8) is 0 Å². The summed E-state index contributed by atoms with van der Waals surface area (Å²) in [6.07, 6.45) is 3.89. The van der Waals surface area contributed by atoms with Crippen LogP contribution in [0.2, 0.25) is 0 Å². The van der Waals surface area contributed by atoms with Crippen molar-refractivity contribution in [2.24, 2.45) is 0 Å². The SMILES string of the molecule is CCCCC(=O)N1CCC2(CC1)CN(C[C@@H](C)c1ccccc1)C(=O)O2. The monoisotopic (exact) mass is 358 g/mol. The Hall–Kier alpha value is -2.04. The average Bonchev–Trinajstić information content (AvgIpc) is 2.95. The first-order valence-electron chi connectivity index (χ1n) is 9.83. The lowest BCUT2D eigenvalue weighted by Gasteiger charge is -2.37. The van der Waals surface area contributed by atoms with Crippen LogP contribution in [0.5, 0.6) is 0 Å². The van der Waals surface area contributed by atoms with E-state index in [9.17, 15) is 9.59 Å². The maximum Gasteiger partial charge on any atom is 0.410 e. The maximum absolute atomic E-state index is 12.4. The van der Waals surface area contributed by atoms with Crippen molar-refractivity contribution in [3.05, 3.63) is 35.9 Å². The van der Waals surface area contributed by atoms with E-state index in [-0.39, 0.29) is 17.9 Å². The van der Waals surface area contributed by atoms with Gasteiger partial charge < -0.3 is 14.5 Å². The minimum absolute atomic E-state index is 0.210. The Balaban J connectivity index is 1.54. The number of benzene rings is 1. The minimum atomic E-state index is -0.408. The molecule has 0 aromatic heterocycles. The van der Waals surface area contributed by atoms with Gasteiger partial charge in [0.05, 0.1) is 6.54 Å². The van der Waals surface area contributed by atoms with Gasteiger partial charge in [-0.2, -0.15) is 0 Å². The third kappa shape index (κ3) is 4.19. The van der Waals surface area contributed by atoms with Crippen molar-refractivity contribution in [1.29, 1.82) is 0 Å². The molecule has 0 N–H and O–H groups in total. The van der Waals surface area contributed by atoms with Gasteiger partial charge >= 0.3 is 6.09 Å². The van der Waals surface area contributed by atoms with E-state index in [4.69, 9.17) is 4.74 Å². The van der Waals surface area contributed by atoms with Gasteiger partial charge in [-0.1, -0.05) is 50.6 Å². The topological polar surface area (TPSA) is 49.9 Å². The first kappa shape index (κ1) is 18.7. The Kier molecular flexibility index (Phi) is 5.84. The van der Waals surface area contributed by atoms with E-state index in [0.717, 1.165) is 25.7 Å². The summed E-state index contributed by atoms with van der Waals surface area (Å²) in [7, 11) is 0. The highest BCUT2D eigenvalue weighted by molar-refractivity contribution is 5.76. The number of rotatable bonds is 6. The third-order valence-corrected chi connectivity index (χ3v) is 5.68. The van der Waals surface area contributed by atoms with Gasteiger partial charge in [-0.05, 0) is 17.9 Å². The van der Waals surface area contributed by atoms with Gasteiger partial charge in [0.1, 0.15) is 5.60 Å². The molecule has 2 amide bonds. The normalized spacial score (nSPS) is 20.3. The lowest BCUT2D eigenvalue weighted by molar-refractivity contribution is -0.134. The zero-order chi connectivity index (χ0) is 18.6. The van der Waals surface area contributed by atoms with Gasteiger partial charge in [-0.15, -0.1) is 0 Å². The molecule has 3 rings (SSSR count). The van der Waals surface area contributed by atoms with Crippen LogP contribution in [-0.2, 0) is 9.53 Å². The van der Waals surface area contributed by atoms with Gasteiger partial charge in [0.2, 0.25) is 5.91 Å². The number of ether oxygens (including phenoxy) is 1. The molecule has 1 atom stereocenters.